The van der Waals surface area contributed by atoms with Crippen molar-refractivity contribution in [2.24, 2.45) is 5.92 Å². The van der Waals surface area contributed by atoms with Gasteiger partial charge in [0.25, 0.3) is 0 Å². The minimum Gasteiger partial charge on any atom is -0.378 e. The first-order chi connectivity index (χ1) is 12.6. The second-order valence-corrected chi connectivity index (χ2v) is 8.51. The van der Waals surface area contributed by atoms with Crippen molar-refractivity contribution in [3.05, 3.63) is 29.8 Å². The molecule has 1 spiro atoms. The number of carbonyl (C=O) groups is 1. The first-order valence-electron chi connectivity index (χ1n) is 10.1. The summed E-state index contributed by atoms with van der Waals surface area (Å²) in [6.45, 7) is 5.95. The molecule has 1 N–H and O–H groups in total. The molecule has 5 heteroatoms. The molecule has 0 unspecified atom stereocenters. The molecule has 0 radical (unpaired) electrons. The fraction of sp³-hybridized carbons (Fsp3) is 0.667. The molecule has 2 aliphatic heterocycles. The number of anilines is 1. The summed E-state index contributed by atoms with van der Waals surface area (Å²) in [5.41, 5.74) is 2.35. The molecule has 3 aliphatic rings. The third kappa shape index (κ3) is 3.60. The quantitative estimate of drug-likeness (QED) is 0.875. The largest absolute Gasteiger partial charge is 0.378 e. The molecule has 1 aromatic rings. The topological polar surface area (TPSA) is 38.8 Å². The number of hydrogen-bond acceptors (Lipinski definition) is 4. The third-order valence-corrected chi connectivity index (χ3v) is 6.41. The summed E-state index contributed by atoms with van der Waals surface area (Å²) in [5.74, 6) is 1.12. The number of carbonyl (C=O) groups excluding carboxylic acids is 1. The van der Waals surface area contributed by atoms with Crippen LogP contribution in [0, 0.1) is 5.92 Å². The number of nitrogens with one attached hydrogen (secondary N) is 1. The molecule has 2 heterocycles. The Balaban J connectivity index is 1.38. The van der Waals surface area contributed by atoms with Crippen LogP contribution < -0.4 is 10.2 Å². The molecule has 5 nitrogen and oxygen atoms in total. The van der Waals surface area contributed by atoms with Crippen LogP contribution in [-0.4, -0.2) is 68.1 Å². The number of piperidine rings is 1. The Morgan fingerprint density at radius 2 is 1.81 bits per heavy atom. The van der Waals surface area contributed by atoms with Gasteiger partial charge in [-0.3, -0.25) is 14.6 Å². The van der Waals surface area contributed by atoms with E-state index in [-0.39, 0.29) is 11.4 Å². The summed E-state index contributed by atoms with van der Waals surface area (Å²) in [6.07, 6.45) is 4.62. The lowest BCUT2D eigenvalue weighted by molar-refractivity contribution is -0.141. The van der Waals surface area contributed by atoms with Crippen molar-refractivity contribution in [1.82, 2.24) is 15.1 Å². The molecular weight excluding hydrogens is 324 g/mol. The first kappa shape index (κ1) is 17.8. The smallest absolute Gasteiger partial charge is 0.240 e. The zero-order valence-electron chi connectivity index (χ0n) is 16.2. The molecule has 0 atom stereocenters. The SMILES string of the molecule is CN(C)c1ccc(CN2CCC3(CC2)C(=O)NCCN3CC2CC2)cc1. The maximum Gasteiger partial charge on any atom is 0.240 e. The predicted molar refractivity (Wildman–Crippen MR) is 105 cm³/mol. The summed E-state index contributed by atoms with van der Waals surface area (Å²) in [5, 5.41) is 3.14. The van der Waals surface area contributed by atoms with E-state index in [1.807, 2.05) is 0 Å². The second-order valence-electron chi connectivity index (χ2n) is 8.51. The van der Waals surface area contributed by atoms with Gasteiger partial charge in [-0.1, -0.05) is 12.1 Å². The zero-order chi connectivity index (χ0) is 18.1. The molecule has 3 fully saturated rings. The van der Waals surface area contributed by atoms with Gasteiger partial charge in [0, 0.05) is 59.1 Å². The first-order valence-corrected chi connectivity index (χ1v) is 10.1. The van der Waals surface area contributed by atoms with Gasteiger partial charge in [-0.15, -0.1) is 0 Å². The van der Waals surface area contributed by atoms with Crippen LogP contribution in [-0.2, 0) is 11.3 Å². The van der Waals surface area contributed by atoms with E-state index in [2.05, 4.69) is 58.4 Å². The van der Waals surface area contributed by atoms with Crippen molar-refractivity contribution >= 4 is 11.6 Å². The molecular formula is C21H32N4O. The predicted octanol–water partition coefficient (Wildman–Crippen LogP) is 1.93. The van der Waals surface area contributed by atoms with Crippen molar-refractivity contribution in [2.45, 2.75) is 37.8 Å². The molecule has 0 bridgehead atoms. The van der Waals surface area contributed by atoms with Gasteiger partial charge in [0.15, 0.2) is 0 Å². The summed E-state index contributed by atoms with van der Waals surface area (Å²) >= 11 is 0. The van der Waals surface area contributed by atoms with E-state index in [1.165, 1.54) is 24.1 Å². The van der Waals surface area contributed by atoms with E-state index in [9.17, 15) is 4.79 Å². The Bertz CT molecular complexity index is 630. The highest BCUT2D eigenvalue weighted by atomic mass is 16.2. The van der Waals surface area contributed by atoms with E-state index in [0.29, 0.717) is 0 Å². The van der Waals surface area contributed by atoms with Crippen LogP contribution in [0.4, 0.5) is 5.69 Å². The maximum absolute atomic E-state index is 12.8. The molecule has 1 amide bonds. The van der Waals surface area contributed by atoms with Gasteiger partial charge < -0.3 is 10.2 Å². The van der Waals surface area contributed by atoms with Crippen molar-refractivity contribution in [3.63, 3.8) is 0 Å². The van der Waals surface area contributed by atoms with Crippen molar-refractivity contribution in [2.75, 3.05) is 51.7 Å². The maximum atomic E-state index is 12.8. The highest BCUT2D eigenvalue weighted by molar-refractivity contribution is 5.87. The van der Waals surface area contributed by atoms with Crippen LogP contribution in [0.5, 0.6) is 0 Å². The molecule has 26 heavy (non-hydrogen) atoms. The Kier molecular flexibility index (Phi) is 4.93. The number of benzene rings is 1. The Morgan fingerprint density at radius 3 is 2.42 bits per heavy atom. The van der Waals surface area contributed by atoms with Gasteiger partial charge >= 0.3 is 0 Å². The number of piperazine rings is 1. The van der Waals surface area contributed by atoms with Gasteiger partial charge in [0.05, 0.1) is 0 Å². The standard InChI is InChI=1S/C21H32N4O/c1-23(2)19-7-5-17(6-8-19)15-24-12-9-21(10-13-24)20(26)22-11-14-25(21)16-18-3-4-18/h5-8,18H,3-4,9-16H2,1-2H3,(H,22,26). The normalized spacial score (nSPS) is 23.8. The highest BCUT2D eigenvalue weighted by Gasteiger charge is 2.48. The number of hydrogen-bond donors (Lipinski definition) is 1. The van der Waals surface area contributed by atoms with Gasteiger partial charge in [-0.2, -0.15) is 0 Å². The number of amides is 1. The van der Waals surface area contributed by atoms with E-state index < -0.39 is 0 Å². The van der Waals surface area contributed by atoms with Crippen molar-refractivity contribution < 1.29 is 4.79 Å². The molecule has 1 aromatic carbocycles. The Hall–Kier alpha value is -1.59. The van der Waals surface area contributed by atoms with Gasteiger partial charge in [0.1, 0.15) is 5.54 Å². The van der Waals surface area contributed by atoms with Gasteiger partial charge in [-0.05, 0) is 49.3 Å². The van der Waals surface area contributed by atoms with Crippen LogP contribution >= 0.6 is 0 Å². The Morgan fingerprint density at radius 1 is 1.12 bits per heavy atom. The molecule has 142 valence electrons. The average molecular weight is 357 g/mol. The average Bonchev–Trinajstić information content (AvgIpc) is 3.45. The van der Waals surface area contributed by atoms with E-state index in [0.717, 1.165) is 58.0 Å². The van der Waals surface area contributed by atoms with Gasteiger partial charge in [-0.25, -0.2) is 0 Å². The lowest BCUT2D eigenvalue weighted by Gasteiger charge is -2.50. The number of nitrogens with zero attached hydrogens (tertiary/aromatic N) is 3. The third-order valence-electron chi connectivity index (χ3n) is 6.41. The second kappa shape index (κ2) is 7.20. The van der Waals surface area contributed by atoms with Crippen LogP contribution in [0.2, 0.25) is 0 Å². The fourth-order valence-corrected chi connectivity index (χ4v) is 4.49. The van der Waals surface area contributed by atoms with Crippen LogP contribution in [0.25, 0.3) is 0 Å². The summed E-state index contributed by atoms with van der Waals surface area (Å²) in [6, 6.07) is 8.83. The van der Waals surface area contributed by atoms with Crippen LogP contribution in [0.15, 0.2) is 24.3 Å². The monoisotopic (exact) mass is 356 g/mol. The fourth-order valence-electron chi connectivity index (χ4n) is 4.49. The lowest BCUT2D eigenvalue weighted by atomic mass is 9.82. The van der Waals surface area contributed by atoms with E-state index >= 15 is 0 Å². The Labute approximate surface area is 157 Å². The van der Waals surface area contributed by atoms with Crippen molar-refractivity contribution in [1.29, 1.82) is 0 Å². The minimum atomic E-state index is -0.244. The lowest BCUT2D eigenvalue weighted by Crippen LogP contribution is -2.68. The number of rotatable bonds is 5. The summed E-state index contributed by atoms with van der Waals surface area (Å²) in [7, 11) is 4.14. The minimum absolute atomic E-state index is 0.244. The van der Waals surface area contributed by atoms with Crippen molar-refractivity contribution in [3.8, 4) is 0 Å². The number of likely N-dealkylation sites (tertiary alicyclic amines) is 1. The highest BCUT2D eigenvalue weighted by Crippen LogP contribution is 2.37. The molecule has 0 aromatic heterocycles. The summed E-state index contributed by atoms with van der Waals surface area (Å²) in [4.78, 5) is 19.9. The molecule has 1 saturated carbocycles. The summed E-state index contributed by atoms with van der Waals surface area (Å²) < 4.78 is 0. The van der Waals surface area contributed by atoms with E-state index in [1.54, 1.807) is 0 Å². The zero-order valence-corrected chi connectivity index (χ0v) is 16.2. The molecule has 2 saturated heterocycles. The van der Waals surface area contributed by atoms with Gasteiger partial charge in [0.2, 0.25) is 5.91 Å². The van der Waals surface area contributed by atoms with E-state index in [4.69, 9.17) is 0 Å². The van der Waals surface area contributed by atoms with Crippen LogP contribution in [0.3, 0.4) is 0 Å². The van der Waals surface area contributed by atoms with Crippen LogP contribution in [0.1, 0.15) is 31.2 Å². The molecule has 4 rings (SSSR count). The molecule has 1 aliphatic carbocycles.